The van der Waals surface area contributed by atoms with Crippen molar-refractivity contribution in [2.24, 2.45) is 7.05 Å². The Kier molecular flexibility index (Phi) is 7.08. The highest BCUT2D eigenvalue weighted by Crippen LogP contribution is 2.34. The van der Waals surface area contributed by atoms with E-state index in [4.69, 9.17) is 20.2 Å². The van der Waals surface area contributed by atoms with Gasteiger partial charge in [-0.2, -0.15) is 0 Å². The first-order chi connectivity index (χ1) is 17.3. The van der Waals surface area contributed by atoms with Crippen molar-refractivity contribution in [2.45, 2.75) is 0 Å². The minimum atomic E-state index is -0.521. The van der Waals surface area contributed by atoms with Gasteiger partial charge in [-0.1, -0.05) is 30.0 Å². The molecule has 0 bridgehead atoms. The summed E-state index contributed by atoms with van der Waals surface area (Å²) in [5, 5.41) is 4.13. The Morgan fingerprint density at radius 2 is 2.00 bits per heavy atom. The molecule has 184 valence electrons. The molecule has 0 spiro atoms. The van der Waals surface area contributed by atoms with Crippen LogP contribution in [0, 0.1) is 11.8 Å². The largest absolute Gasteiger partial charge is 0.495 e. The van der Waals surface area contributed by atoms with E-state index in [0.717, 1.165) is 16.5 Å². The molecule has 3 N–H and O–H groups in total. The summed E-state index contributed by atoms with van der Waals surface area (Å²) in [4.78, 5) is 23.6. The van der Waals surface area contributed by atoms with Crippen LogP contribution in [0.1, 0.15) is 15.9 Å². The van der Waals surface area contributed by atoms with E-state index in [9.17, 15) is 4.79 Å². The molecule has 0 aliphatic rings. The molecule has 2 aromatic carbocycles. The fourth-order valence-electron chi connectivity index (χ4n) is 3.82. The molecule has 2 aromatic heterocycles. The van der Waals surface area contributed by atoms with Crippen LogP contribution in [0.2, 0.25) is 0 Å². The van der Waals surface area contributed by atoms with Crippen LogP contribution >= 0.6 is 0 Å². The molecule has 2 heterocycles. The summed E-state index contributed by atoms with van der Waals surface area (Å²) in [7, 11) is 8.74. The van der Waals surface area contributed by atoms with E-state index in [0.29, 0.717) is 34.9 Å². The summed E-state index contributed by atoms with van der Waals surface area (Å²) in [5.41, 5.74) is 10.5. The van der Waals surface area contributed by atoms with Crippen molar-refractivity contribution in [3.05, 3.63) is 59.9 Å². The average molecular weight is 485 g/mol. The van der Waals surface area contributed by atoms with Crippen molar-refractivity contribution in [2.75, 3.05) is 45.9 Å². The van der Waals surface area contributed by atoms with Crippen LogP contribution < -0.4 is 15.8 Å². The summed E-state index contributed by atoms with van der Waals surface area (Å²) in [6.07, 6.45) is 3.39. The van der Waals surface area contributed by atoms with Gasteiger partial charge in [-0.3, -0.25) is 4.90 Å². The second-order valence-corrected chi connectivity index (χ2v) is 8.42. The average Bonchev–Trinajstić information content (AvgIpc) is 3.21. The third-order valence-corrected chi connectivity index (χ3v) is 5.58. The molecule has 0 radical (unpaired) electrons. The third kappa shape index (κ3) is 4.94. The Balaban J connectivity index is 1.77. The van der Waals surface area contributed by atoms with E-state index in [1.165, 1.54) is 13.3 Å². The maximum atomic E-state index is 12.5. The number of ether oxygens (including phenoxy) is 2. The van der Waals surface area contributed by atoms with E-state index in [1.54, 1.807) is 19.2 Å². The molecule has 0 saturated carbocycles. The normalized spacial score (nSPS) is 10.7. The maximum Gasteiger partial charge on any atom is 0.341 e. The molecular weight excluding hydrogens is 456 g/mol. The first kappa shape index (κ1) is 24.6. The Hall–Kier alpha value is -4.55. The van der Waals surface area contributed by atoms with E-state index < -0.39 is 5.97 Å². The van der Waals surface area contributed by atoms with Crippen molar-refractivity contribution < 1.29 is 14.3 Å². The molecule has 0 aliphatic heterocycles. The van der Waals surface area contributed by atoms with Gasteiger partial charge in [0.15, 0.2) is 0 Å². The Bertz CT molecular complexity index is 1500. The lowest BCUT2D eigenvalue weighted by atomic mass is 10.1. The van der Waals surface area contributed by atoms with E-state index in [2.05, 4.69) is 22.1 Å². The van der Waals surface area contributed by atoms with Crippen molar-refractivity contribution in [3.63, 3.8) is 0 Å². The Morgan fingerprint density at radius 3 is 2.72 bits per heavy atom. The minimum Gasteiger partial charge on any atom is -0.495 e. The second kappa shape index (κ2) is 10.4. The number of fused-ring (bicyclic) bond motifs is 1. The number of carbonyl (C=O) groups is 1. The SMILES string of the molecule is COC(=O)c1cnc(Nc2cc(N)c(C#CCN(C)C)cc2OC)nc1-c1cn(C)c2ccccc12. The number of nitrogen functional groups attached to an aromatic ring is 1. The lowest BCUT2D eigenvalue weighted by molar-refractivity contribution is 0.0601. The van der Waals surface area contributed by atoms with Gasteiger partial charge in [0.05, 0.1) is 37.7 Å². The number of rotatable bonds is 6. The Morgan fingerprint density at radius 1 is 1.22 bits per heavy atom. The molecule has 9 nitrogen and oxygen atoms in total. The molecule has 0 atom stereocenters. The maximum absolute atomic E-state index is 12.5. The zero-order valence-corrected chi connectivity index (χ0v) is 20.9. The highest BCUT2D eigenvalue weighted by atomic mass is 16.5. The molecule has 36 heavy (non-hydrogen) atoms. The first-order valence-electron chi connectivity index (χ1n) is 11.2. The van der Waals surface area contributed by atoms with Gasteiger partial charge in [0.1, 0.15) is 11.3 Å². The highest BCUT2D eigenvalue weighted by molar-refractivity contribution is 6.02. The van der Waals surface area contributed by atoms with Crippen molar-refractivity contribution >= 4 is 34.2 Å². The second-order valence-electron chi connectivity index (χ2n) is 8.42. The van der Waals surface area contributed by atoms with Crippen LogP contribution in [-0.4, -0.2) is 60.3 Å². The number of aromatic nitrogens is 3. The molecular formula is C27H28N6O3. The number of esters is 1. The molecule has 0 aliphatic carbocycles. The van der Waals surface area contributed by atoms with Gasteiger partial charge < -0.3 is 25.1 Å². The Labute approximate surface area is 209 Å². The molecule has 0 fully saturated rings. The number of aryl methyl sites for hydroxylation is 1. The number of hydrogen-bond donors (Lipinski definition) is 2. The number of methoxy groups -OCH3 is 2. The zero-order valence-electron chi connectivity index (χ0n) is 20.9. The molecule has 0 amide bonds. The number of benzene rings is 2. The minimum absolute atomic E-state index is 0.261. The standard InChI is InChI=1S/C27H28N6O3/c1-32(2)12-8-9-17-13-24(35-4)22(14-21(17)28)30-27-29-15-19(26(34)36-5)25(31-27)20-16-33(3)23-11-7-6-10-18(20)23/h6-7,10-11,13-16H,12,28H2,1-5H3,(H,29,30,31). The van der Waals surface area contributed by atoms with E-state index >= 15 is 0 Å². The predicted molar refractivity (Wildman–Crippen MR) is 141 cm³/mol. The van der Waals surface area contributed by atoms with Gasteiger partial charge in [0.2, 0.25) is 5.95 Å². The van der Waals surface area contributed by atoms with Gasteiger partial charge in [0.25, 0.3) is 0 Å². The monoisotopic (exact) mass is 484 g/mol. The van der Waals surface area contributed by atoms with Gasteiger partial charge in [-0.25, -0.2) is 14.8 Å². The number of nitrogens with two attached hydrogens (primary N) is 1. The van der Waals surface area contributed by atoms with Crippen LogP contribution in [0.4, 0.5) is 17.3 Å². The summed E-state index contributed by atoms with van der Waals surface area (Å²) in [6.45, 7) is 0.610. The van der Waals surface area contributed by atoms with Gasteiger partial charge in [-0.15, -0.1) is 0 Å². The third-order valence-electron chi connectivity index (χ3n) is 5.58. The van der Waals surface area contributed by atoms with Crippen LogP contribution in [0.25, 0.3) is 22.2 Å². The number of para-hydroxylation sites is 1. The molecule has 0 unspecified atom stereocenters. The smallest absolute Gasteiger partial charge is 0.341 e. The first-order valence-corrected chi connectivity index (χ1v) is 11.2. The lowest BCUT2D eigenvalue weighted by Crippen LogP contribution is -2.10. The number of hydrogen-bond acceptors (Lipinski definition) is 8. The number of anilines is 3. The molecule has 9 heteroatoms. The molecule has 4 rings (SSSR count). The van der Waals surface area contributed by atoms with Gasteiger partial charge in [0, 0.05) is 47.7 Å². The quantitative estimate of drug-likeness (QED) is 0.243. The van der Waals surface area contributed by atoms with Gasteiger partial charge in [-0.05, 0) is 26.2 Å². The summed E-state index contributed by atoms with van der Waals surface area (Å²) < 4.78 is 12.5. The number of carbonyl (C=O) groups excluding carboxylic acids is 1. The van der Waals surface area contributed by atoms with Crippen LogP contribution in [-0.2, 0) is 11.8 Å². The fourth-order valence-corrected chi connectivity index (χ4v) is 3.82. The summed E-state index contributed by atoms with van der Waals surface area (Å²) in [6, 6.07) is 11.4. The van der Waals surface area contributed by atoms with Crippen molar-refractivity contribution in [1.29, 1.82) is 0 Å². The summed E-state index contributed by atoms with van der Waals surface area (Å²) >= 11 is 0. The summed E-state index contributed by atoms with van der Waals surface area (Å²) in [5.74, 6) is 6.44. The van der Waals surface area contributed by atoms with Crippen molar-refractivity contribution in [1.82, 2.24) is 19.4 Å². The fraction of sp³-hybridized carbons (Fsp3) is 0.222. The number of nitrogens with one attached hydrogen (secondary N) is 1. The topological polar surface area (TPSA) is 108 Å². The van der Waals surface area contributed by atoms with Crippen LogP contribution in [0.15, 0.2) is 48.8 Å². The van der Waals surface area contributed by atoms with Crippen LogP contribution in [0.5, 0.6) is 5.75 Å². The van der Waals surface area contributed by atoms with Gasteiger partial charge >= 0.3 is 5.97 Å². The predicted octanol–water partition coefficient (Wildman–Crippen LogP) is 3.67. The highest BCUT2D eigenvalue weighted by Gasteiger charge is 2.21. The van der Waals surface area contributed by atoms with E-state index in [-0.39, 0.29) is 11.5 Å². The van der Waals surface area contributed by atoms with Crippen LogP contribution in [0.3, 0.4) is 0 Å². The molecule has 0 saturated heterocycles. The number of nitrogens with zero attached hydrogens (tertiary/aromatic N) is 4. The van der Waals surface area contributed by atoms with Crippen molar-refractivity contribution in [3.8, 4) is 28.8 Å². The molecule has 4 aromatic rings. The van der Waals surface area contributed by atoms with E-state index in [1.807, 2.05) is 61.1 Å². The lowest BCUT2D eigenvalue weighted by Gasteiger charge is -2.14. The zero-order chi connectivity index (χ0) is 25.8.